The third kappa shape index (κ3) is 2.73. The lowest BCUT2D eigenvalue weighted by atomic mass is 10.0. The van der Waals surface area contributed by atoms with Crippen molar-refractivity contribution in [1.82, 2.24) is 9.97 Å². The van der Waals surface area contributed by atoms with E-state index in [0.29, 0.717) is 4.64 Å². The number of H-pyrrole nitrogens is 1. The lowest BCUT2D eigenvalue weighted by Gasteiger charge is -2.08. The Hall–Kier alpha value is -1.19. The minimum atomic E-state index is 0.667. The van der Waals surface area contributed by atoms with Crippen molar-refractivity contribution in [2.24, 2.45) is 0 Å². The van der Waals surface area contributed by atoms with E-state index < -0.39 is 0 Å². The SMILES string of the molecule is CCCc1c(-c2cccc(Cl)c2)[nH]cnc1=S. The van der Waals surface area contributed by atoms with Crippen molar-refractivity contribution < 1.29 is 0 Å². The van der Waals surface area contributed by atoms with Gasteiger partial charge in [-0.1, -0.05) is 49.3 Å². The molecule has 1 N–H and O–H groups in total. The van der Waals surface area contributed by atoms with E-state index in [2.05, 4.69) is 16.9 Å². The van der Waals surface area contributed by atoms with Crippen molar-refractivity contribution in [2.45, 2.75) is 19.8 Å². The van der Waals surface area contributed by atoms with Crippen LogP contribution in [-0.4, -0.2) is 9.97 Å². The second-order valence-corrected chi connectivity index (χ2v) is 4.64. The topological polar surface area (TPSA) is 28.7 Å². The summed E-state index contributed by atoms with van der Waals surface area (Å²) in [6.45, 7) is 2.13. The van der Waals surface area contributed by atoms with Crippen LogP contribution in [0.4, 0.5) is 0 Å². The molecule has 0 radical (unpaired) electrons. The number of halogens is 1. The number of benzene rings is 1. The Balaban J connectivity index is 2.59. The van der Waals surface area contributed by atoms with Gasteiger partial charge in [0.15, 0.2) is 0 Å². The molecule has 0 unspecified atom stereocenters. The van der Waals surface area contributed by atoms with Crippen LogP contribution in [0.2, 0.25) is 5.02 Å². The Kier molecular flexibility index (Phi) is 3.92. The highest BCUT2D eigenvalue weighted by Gasteiger charge is 2.07. The summed E-state index contributed by atoms with van der Waals surface area (Å²) in [7, 11) is 0. The van der Waals surface area contributed by atoms with Crippen LogP contribution in [-0.2, 0) is 6.42 Å². The Morgan fingerprint density at radius 2 is 2.24 bits per heavy atom. The highest BCUT2D eigenvalue weighted by atomic mass is 35.5. The number of nitrogens with one attached hydrogen (secondary N) is 1. The smallest absolute Gasteiger partial charge is 0.133 e. The van der Waals surface area contributed by atoms with E-state index in [1.807, 2.05) is 24.3 Å². The maximum Gasteiger partial charge on any atom is 0.133 e. The van der Waals surface area contributed by atoms with Gasteiger partial charge in [0.25, 0.3) is 0 Å². The molecule has 1 aromatic carbocycles. The molecule has 0 saturated carbocycles. The summed E-state index contributed by atoms with van der Waals surface area (Å²) in [5, 5.41) is 0.723. The molecule has 1 heterocycles. The minimum absolute atomic E-state index is 0.667. The average Bonchev–Trinajstić information content (AvgIpc) is 2.32. The highest BCUT2D eigenvalue weighted by Crippen LogP contribution is 2.24. The lowest BCUT2D eigenvalue weighted by Crippen LogP contribution is -1.96. The maximum atomic E-state index is 6.01. The zero-order chi connectivity index (χ0) is 12.3. The van der Waals surface area contributed by atoms with Gasteiger partial charge in [0.05, 0.1) is 12.0 Å². The number of nitrogens with zero attached hydrogens (tertiary/aromatic N) is 1. The number of aromatic amines is 1. The van der Waals surface area contributed by atoms with Gasteiger partial charge in [-0.2, -0.15) is 0 Å². The molecular weight excluding hydrogens is 252 g/mol. The van der Waals surface area contributed by atoms with E-state index >= 15 is 0 Å². The van der Waals surface area contributed by atoms with Crippen LogP contribution in [0.1, 0.15) is 18.9 Å². The quantitative estimate of drug-likeness (QED) is 0.832. The van der Waals surface area contributed by atoms with Gasteiger partial charge in [0.2, 0.25) is 0 Å². The molecule has 0 aliphatic carbocycles. The first-order valence-corrected chi connectivity index (χ1v) is 6.33. The molecule has 0 saturated heterocycles. The standard InChI is InChI=1S/C13H13ClN2S/c1-2-4-11-12(15-8-16-13(11)17)9-5-3-6-10(14)7-9/h3,5-8H,2,4H2,1H3,(H,15,16,17). The molecular formula is C13H13ClN2S. The molecule has 2 aromatic rings. The van der Waals surface area contributed by atoms with Crippen LogP contribution in [0.25, 0.3) is 11.3 Å². The molecule has 88 valence electrons. The molecule has 17 heavy (non-hydrogen) atoms. The zero-order valence-electron chi connectivity index (χ0n) is 9.53. The van der Waals surface area contributed by atoms with Gasteiger partial charge < -0.3 is 4.98 Å². The van der Waals surface area contributed by atoms with E-state index in [1.165, 1.54) is 0 Å². The fourth-order valence-corrected chi connectivity index (χ4v) is 2.26. The summed E-state index contributed by atoms with van der Waals surface area (Å²) < 4.78 is 0.667. The summed E-state index contributed by atoms with van der Waals surface area (Å²) in [5.41, 5.74) is 3.16. The first kappa shape index (κ1) is 12.3. The highest BCUT2D eigenvalue weighted by molar-refractivity contribution is 7.71. The van der Waals surface area contributed by atoms with Gasteiger partial charge in [-0.25, -0.2) is 4.98 Å². The number of hydrogen-bond acceptors (Lipinski definition) is 2. The lowest BCUT2D eigenvalue weighted by molar-refractivity contribution is 0.898. The summed E-state index contributed by atoms with van der Waals surface area (Å²) in [6, 6.07) is 7.75. The molecule has 0 spiro atoms. The van der Waals surface area contributed by atoms with Crippen molar-refractivity contribution in [2.75, 3.05) is 0 Å². The van der Waals surface area contributed by atoms with Gasteiger partial charge >= 0.3 is 0 Å². The molecule has 0 amide bonds. The van der Waals surface area contributed by atoms with Gasteiger partial charge in [-0.3, -0.25) is 0 Å². The average molecular weight is 265 g/mol. The third-order valence-corrected chi connectivity index (χ3v) is 3.15. The predicted molar refractivity (Wildman–Crippen MR) is 73.9 cm³/mol. The van der Waals surface area contributed by atoms with Gasteiger partial charge in [0, 0.05) is 10.6 Å². The fourth-order valence-electron chi connectivity index (χ4n) is 1.81. The Bertz CT molecular complexity index is 578. The summed E-state index contributed by atoms with van der Waals surface area (Å²) in [6.07, 6.45) is 3.60. The molecule has 0 aliphatic rings. The third-order valence-electron chi connectivity index (χ3n) is 2.56. The summed E-state index contributed by atoms with van der Waals surface area (Å²) in [5.74, 6) is 0. The van der Waals surface area contributed by atoms with Crippen LogP contribution in [0.15, 0.2) is 30.6 Å². The number of aromatic nitrogens is 2. The van der Waals surface area contributed by atoms with Crippen LogP contribution in [0.5, 0.6) is 0 Å². The molecule has 4 heteroatoms. The largest absolute Gasteiger partial charge is 0.346 e. The molecule has 0 bridgehead atoms. The van der Waals surface area contributed by atoms with Crippen LogP contribution in [0.3, 0.4) is 0 Å². The summed E-state index contributed by atoms with van der Waals surface area (Å²) in [4.78, 5) is 7.30. The van der Waals surface area contributed by atoms with E-state index in [9.17, 15) is 0 Å². The first-order chi connectivity index (χ1) is 8.22. The Morgan fingerprint density at radius 1 is 1.41 bits per heavy atom. The van der Waals surface area contributed by atoms with Crippen molar-refractivity contribution in [3.63, 3.8) is 0 Å². The van der Waals surface area contributed by atoms with E-state index in [4.69, 9.17) is 23.8 Å². The first-order valence-electron chi connectivity index (χ1n) is 5.55. The molecule has 0 fully saturated rings. The Labute approximate surface area is 111 Å². The van der Waals surface area contributed by atoms with Crippen LogP contribution in [0, 0.1) is 4.64 Å². The second-order valence-electron chi connectivity index (χ2n) is 3.82. The maximum absolute atomic E-state index is 6.01. The van der Waals surface area contributed by atoms with Crippen molar-refractivity contribution in [3.05, 3.63) is 45.8 Å². The molecule has 2 nitrogen and oxygen atoms in total. The number of hydrogen-bond donors (Lipinski definition) is 1. The van der Waals surface area contributed by atoms with Crippen molar-refractivity contribution >= 4 is 23.8 Å². The fraction of sp³-hybridized carbons (Fsp3) is 0.231. The van der Waals surface area contributed by atoms with Crippen LogP contribution < -0.4 is 0 Å². The van der Waals surface area contributed by atoms with Gasteiger partial charge in [-0.05, 0) is 24.1 Å². The minimum Gasteiger partial charge on any atom is -0.346 e. The second kappa shape index (κ2) is 5.43. The zero-order valence-corrected chi connectivity index (χ0v) is 11.1. The number of rotatable bonds is 3. The van der Waals surface area contributed by atoms with Crippen molar-refractivity contribution in [3.8, 4) is 11.3 Å². The summed E-state index contributed by atoms with van der Waals surface area (Å²) >= 11 is 11.3. The van der Waals surface area contributed by atoms with E-state index in [1.54, 1.807) is 6.33 Å². The predicted octanol–water partition coefficient (Wildman–Crippen LogP) is 4.41. The van der Waals surface area contributed by atoms with Gasteiger partial charge in [0.1, 0.15) is 4.64 Å². The normalized spacial score (nSPS) is 10.5. The monoisotopic (exact) mass is 264 g/mol. The molecule has 0 atom stereocenters. The molecule has 1 aromatic heterocycles. The van der Waals surface area contributed by atoms with E-state index in [0.717, 1.165) is 34.7 Å². The Morgan fingerprint density at radius 3 is 2.94 bits per heavy atom. The van der Waals surface area contributed by atoms with Gasteiger partial charge in [-0.15, -0.1) is 0 Å². The van der Waals surface area contributed by atoms with Crippen LogP contribution >= 0.6 is 23.8 Å². The molecule has 2 rings (SSSR count). The van der Waals surface area contributed by atoms with Crippen molar-refractivity contribution in [1.29, 1.82) is 0 Å². The van der Waals surface area contributed by atoms with E-state index in [-0.39, 0.29) is 0 Å². The molecule has 0 aliphatic heterocycles.